The van der Waals surface area contributed by atoms with Gasteiger partial charge >= 0.3 is 6.09 Å². The number of hydrogen-bond donors (Lipinski definition) is 1. The number of ether oxygens (including phenoxy) is 1. The van der Waals surface area contributed by atoms with E-state index in [0.29, 0.717) is 25.6 Å². The fourth-order valence-electron chi connectivity index (χ4n) is 3.98. The highest BCUT2D eigenvalue weighted by molar-refractivity contribution is 6.30. The van der Waals surface area contributed by atoms with Gasteiger partial charge in [-0.05, 0) is 47.3 Å². The van der Waals surface area contributed by atoms with Crippen LogP contribution < -0.4 is 5.32 Å². The molecule has 0 aromatic heterocycles. The van der Waals surface area contributed by atoms with E-state index in [-0.39, 0.29) is 23.2 Å². The highest BCUT2D eigenvalue weighted by Crippen LogP contribution is 2.42. The second kappa shape index (κ2) is 9.84. The molecule has 1 unspecified atom stereocenters. The number of hydrogen-bond acceptors (Lipinski definition) is 3. The van der Waals surface area contributed by atoms with E-state index in [9.17, 15) is 9.59 Å². The van der Waals surface area contributed by atoms with E-state index < -0.39 is 12.1 Å². The van der Waals surface area contributed by atoms with Gasteiger partial charge in [0.05, 0.1) is 6.61 Å². The third-order valence-electron chi connectivity index (χ3n) is 5.57. The molecule has 2 rings (SSSR count). The molecular formula is C23H35ClN2O3. The van der Waals surface area contributed by atoms with Gasteiger partial charge in [0.1, 0.15) is 6.04 Å². The van der Waals surface area contributed by atoms with Gasteiger partial charge in [0.2, 0.25) is 5.91 Å². The molecule has 1 aromatic carbocycles. The zero-order valence-corrected chi connectivity index (χ0v) is 19.3. The van der Waals surface area contributed by atoms with Crippen molar-refractivity contribution < 1.29 is 14.3 Å². The first-order valence-electron chi connectivity index (χ1n) is 10.5. The fraction of sp³-hybridized carbons (Fsp3) is 0.652. The van der Waals surface area contributed by atoms with Crippen molar-refractivity contribution in [1.29, 1.82) is 0 Å². The Bertz CT molecular complexity index is 701. The summed E-state index contributed by atoms with van der Waals surface area (Å²) in [6, 6.07) is 7.42. The van der Waals surface area contributed by atoms with Gasteiger partial charge in [-0.3, -0.25) is 4.79 Å². The lowest BCUT2D eigenvalue weighted by Gasteiger charge is -2.45. The lowest BCUT2D eigenvalue weighted by Crippen LogP contribution is -2.56. The number of likely N-dealkylation sites (tertiary alicyclic amines) is 1. The summed E-state index contributed by atoms with van der Waals surface area (Å²) in [5.41, 5.74) is 1.17. The third kappa shape index (κ3) is 6.36. The quantitative estimate of drug-likeness (QED) is 0.694. The van der Waals surface area contributed by atoms with Crippen LogP contribution in [0, 0.1) is 17.3 Å². The Morgan fingerprint density at radius 2 is 1.83 bits per heavy atom. The molecule has 1 saturated heterocycles. The first kappa shape index (κ1) is 23.5. The Balaban J connectivity index is 2.06. The summed E-state index contributed by atoms with van der Waals surface area (Å²) in [7, 11) is 0. The molecule has 5 nitrogen and oxygen atoms in total. The van der Waals surface area contributed by atoms with Crippen LogP contribution in [0.3, 0.4) is 0 Å². The van der Waals surface area contributed by atoms with Crippen molar-refractivity contribution in [2.24, 2.45) is 17.3 Å². The summed E-state index contributed by atoms with van der Waals surface area (Å²) < 4.78 is 5.22. The van der Waals surface area contributed by atoms with E-state index in [1.165, 1.54) is 5.56 Å². The maximum atomic E-state index is 13.2. The predicted octanol–water partition coefficient (Wildman–Crippen LogP) is 5.09. The molecule has 2 amide bonds. The standard InChI is InChI=1S/C23H35ClN2O3/c1-15(2)13-29-22(28)25-20(16(3)4)21(27)26-12-11-19(23(5,6)14-26)17-7-9-18(24)10-8-17/h7-10,15-16,19-20H,11-14H2,1-6H3,(H,25,28)/t19?,20-/m1/s1. The zero-order chi connectivity index (χ0) is 21.8. The molecule has 1 aliphatic rings. The monoisotopic (exact) mass is 422 g/mol. The van der Waals surface area contributed by atoms with Gasteiger partial charge < -0.3 is 15.0 Å². The molecule has 162 valence electrons. The van der Waals surface area contributed by atoms with E-state index in [1.807, 2.05) is 44.7 Å². The summed E-state index contributed by atoms with van der Waals surface area (Å²) in [4.78, 5) is 27.2. The molecule has 0 spiro atoms. The Labute approximate surface area is 180 Å². The average Bonchev–Trinajstić information content (AvgIpc) is 2.63. The van der Waals surface area contributed by atoms with Crippen LogP contribution in [0.2, 0.25) is 5.02 Å². The molecule has 29 heavy (non-hydrogen) atoms. The molecular weight excluding hydrogens is 388 g/mol. The second-order valence-electron chi connectivity index (χ2n) is 9.50. The molecule has 0 saturated carbocycles. The number of alkyl carbamates (subject to hydrolysis) is 1. The highest BCUT2D eigenvalue weighted by Gasteiger charge is 2.40. The smallest absolute Gasteiger partial charge is 0.407 e. The third-order valence-corrected chi connectivity index (χ3v) is 5.82. The predicted molar refractivity (Wildman–Crippen MR) is 117 cm³/mol. The van der Waals surface area contributed by atoms with Crippen molar-refractivity contribution in [3.05, 3.63) is 34.9 Å². The molecule has 6 heteroatoms. The van der Waals surface area contributed by atoms with Crippen LogP contribution in [0.4, 0.5) is 4.79 Å². The van der Waals surface area contributed by atoms with Crippen LogP contribution in [0.5, 0.6) is 0 Å². The minimum Gasteiger partial charge on any atom is -0.449 e. The van der Waals surface area contributed by atoms with Gasteiger partial charge in [0.25, 0.3) is 0 Å². The van der Waals surface area contributed by atoms with Gasteiger partial charge in [-0.2, -0.15) is 0 Å². The van der Waals surface area contributed by atoms with Crippen LogP contribution in [-0.4, -0.2) is 42.6 Å². The Morgan fingerprint density at radius 3 is 2.34 bits per heavy atom. The van der Waals surface area contributed by atoms with Gasteiger partial charge in [0, 0.05) is 18.1 Å². The van der Waals surface area contributed by atoms with Crippen LogP contribution in [0.1, 0.15) is 59.4 Å². The largest absolute Gasteiger partial charge is 0.449 e. The van der Waals surface area contributed by atoms with Crippen molar-refractivity contribution in [1.82, 2.24) is 10.2 Å². The molecule has 0 radical (unpaired) electrons. The molecule has 1 aromatic rings. The van der Waals surface area contributed by atoms with Crippen molar-refractivity contribution in [3.8, 4) is 0 Å². The number of piperidine rings is 1. The first-order chi connectivity index (χ1) is 13.5. The van der Waals surface area contributed by atoms with Gasteiger partial charge in [-0.1, -0.05) is 65.3 Å². The molecule has 1 heterocycles. The number of rotatable bonds is 6. The second-order valence-corrected chi connectivity index (χ2v) is 9.94. The van der Waals surface area contributed by atoms with Gasteiger partial charge in [-0.25, -0.2) is 4.79 Å². The van der Waals surface area contributed by atoms with Gasteiger partial charge in [0.15, 0.2) is 0 Å². The van der Waals surface area contributed by atoms with Crippen molar-refractivity contribution in [2.45, 2.75) is 59.9 Å². The van der Waals surface area contributed by atoms with Crippen LogP contribution in [-0.2, 0) is 9.53 Å². The Kier molecular flexibility index (Phi) is 7.98. The number of nitrogens with zero attached hydrogens (tertiary/aromatic N) is 1. The number of nitrogens with one attached hydrogen (secondary N) is 1. The normalized spacial score (nSPS) is 19.9. The van der Waals surface area contributed by atoms with Crippen LogP contribution in [0.25, 0.3) is 0 Å². The molecule has 1 fully saturated rings. The van der Waals surface area contributed by atoms with E-state index in [2.05, 4.69) is 31.3 Å². The van der Waals surface area contributed by atoms with E-state index in [4.69, 9.17) is 16.3 Å². The molecule has 0 bridgehead atoms. The summed E-state index contributed by atoms with van der Waals surface area (Å²) in [6.07, 6.45) is 0.351. The van der Waals surface area contributed by atoms with Crippen molar-refractivity contribution in [2.75, 3.05) is 19.7 Å². The number of carbonyl (C=O) groups excluding carboxylic acids is 2. The summed E-state index contributed by atoms with van der Waals surface area (Å²) in [5.74, 6) is 0.544. The minimum absolute atomic E-state index is 0.0220. The number of halogens is 1. The fourth-order valence-corrected chi connectivity index (χ4v) is 4.11. The maximum absolute atomic E-state index is 13.2. The summed E-state index contributed by atoms with van der Waals surface area (Å²) in [6.45, 7) is 13.9. The van der Waals surface area contributed by atoms with E-state index in [1.54, 1.807) is 0 Å². The molecule has 1 N–H and O–H groups in total. The Morgan fingerprint density at radius 1 is 1.21 bits per heavy atom. The Hall–Kier alpha value is -1.75. The summed E-state index contributed by atoms with van der Waals surface area (Å²) >= 11 is 6.03. The van der Waals surface area contributed by atoms with Crippen LogP contribution >= 0.6 is 11.6 Å². The number of carbonyl (C=O) groups is 2. The topological polar surface area (TPSA) is 58.6 Å². The van der Waals surface area contributed by atoms with Crippen LogP contribution in [0.15, 0.2) is 24.3 Å². The van der Waals surface area contributed by atoms with Gasteiger partial charge in [-0.15, -0.1) is 0 Å². The molecule has 0 aliphatic carbocycles. The molecule has 1 aliphatic heterocycles. The highest BCUT2D eigenvalue weighted by atomic mass is 35.5. The lowest BCUT2D eigenvalue weighted by atomic mass is 9.70. The first-order valence-corrected chi connectivity index (χ1v) is 10.9. The minimum atomic E-state index is -0.586. The average molecular weight is 423 g/mol. The summed E-state index contributed by atoms with van der Waals surface area (Å²) in [5, 5.41) is 3.51. The number of amides is 2. The SMILES string of the molecule is CC(C)COC(=O)N[C@@H](C(=O)N1CCC(c2ccc(Cl)cc2)C(C)(C)C1)C(C)C. The van der Waals surface area contributed by atoms with E-state index >= 15 is 0 Å². The molecule has 2 atom stereocenters. The van der Waals surface area contributed by atoms with Crippen molar-refractivity contribution in [3.63, 3.8) is 0 Å². The van der Waals surface area contributed by atoms with E-state index in [0.717, 1.165) is 11.4 Å². The number of benzene rings is 1. The maximum Gasteiger partial charge on any atom is 0.407 e. The lowest BCUT2D eigenvalue weighted by molar-refractivity contribution is -0.138. The van der Waals surface area contributed by atoms with Crippen molar-refractivity contribution >= 4 is 23.6 Å². The zero-order valence-electron chi connectivity index (χ0n) is 18.5.